The second-order valence-electron chi connectivity index (χ2n) is 5.17. The highest BCUT2D eigenvalue weighted by Crippen LogP contribution is 2.15. The minimum Gasteiger partial charge on any atom is -0.464 e. The molecule has 0 saturated carbocycles. The number of ether oxygens (including phenoxy) is 1. The van der Waals surface area contributed by atoms with E-state index in [1.54, 1.807) is 6.08 Å². The van der Waals surface area contributed by atoms with Crippen LogP contribution < -0.4 is 5.32 Å². The summed E-state index contributed by atoms with van der Waals surface area (Å²) in [6.07, 6.45) is 3.72. The number of amides is 1. The van der Waals surface area contributed by atoms with Crippen LogP contribution >= 0.6 is 0 Å². The zero-order valence-corrected chi connectivity index (χ0v) is 11.8. The maximum atomic E-state index is 11.7. The number of nitrogens with one attached hydrogen (secondary N) is 1. The number of esters is 1. The lowest BCUT2D eigenvalue weighted by Crippen LogP contribution is -2.36. The molecule has 1 saturated heterocycles. The van der Waals surface area contributed by atoms with Crippen molar-refractivity contribution < 1.29 is 14.3 Å². The first-order valence-electron chi connectivity index (χ1n) is 6.81. The first kappa shape index (κ1) is 14.3. The van der Waals surface area contributed by atoms with Gasteiger partial charge in [0.1, 0.15) is 6.04 Å². The SMILES string of the molecule is CC(C)c1ccc(/C=C/C(=O)N[C@H]2CCOC2=O)cc1. The minimum absolute atomic E-state index is 0.276. The average molecular weight is 273 g/mol. The molecule has 0 bridgehead atoms. The van der Waals surface area contributed by atoms with Crippen LogP contribution in [0.25, 0.3) is 6.08 Å². The summed E-state index contributed by atoms with van der Waals surface area (Å²) in [4.78, 5) is 22.9. The van der Waals surface area contributed by atoms with Gasteiger partial charge in [0.15, 0.2) is 0 Å². The van der Waals surface area contributed by atoms with Gasteiger partial charge in [0.25, 0.3) is 0 Å². The molecule has 1 aromatic rings. The van der Waals surface area contributed by atoms with Crippen molar-refractivity contribution in [3.8, 4) is 0 Å². The molecule has 1 atom stereocenters. The summed E-state index contributed by atoms with van der Waals surface area (Å²) in [5.74, 6) is -0.139. The smallest absolute Gasteiger partial charge is 0.328 e. The van der Waals surface area contributed by atoms with E-state index in [4.69, 9.17) is 4.74 Å². The van der Waals surface area contributed by atoms with E-state index >= 15 is 0 Å². The summed E-state index contributed by atoms with van der Waals surface area (Å²) >= 11 is 0. The van der Waals surface area contributed by atoms with Crippen molar-refractivity contribution in [2.45, 2.75) is 32.2 Å². The van der Waals surface area contributed by atoms with Crippen LogP contribution in [0.1, 0.15) is 37.3 Å². The van der Waals surface area contributed by atoms with E-state index < -0.39 is 6.04 Å². The Hall–Kier alpha value is -2.10. The third-order valence-electron chi connectivity index (χ3n) is 3.28. The van der Waals surface area contributed by atoms with Gasteiger partial charge in [-0.2, -0.15) is 0 Å². The second-order valence-corrected chi connectivity index (χ2v) is 5.17. The van der Waals surface area contributed by atoms with E-state index in [2.05, 4.69) is 31.3 Å². The lowest BCUT2D eigenvalue weighted by molar-refractivity contribution is -0.140. The molecule has 1 amide bonds. The molecule has 4 heteroatoms. The van der Waals surface area contributed by atoms with Gasteiger partial charge in [0, 0.05) is 12.5 Å². The van der Waals surface area contributed by atoms with Gasteiger partial charge in [0.2, 0.25) is 5.91 Å². The maximum absolute atomic E-state index is 11.7. The van der Waals surface area contributed by atoms with Crippen molar-refractivity contribution >= 4 is 18.0 Å². The Balaban J connectivity index is 1.91. The molecule has 20 heavy (non-hydrogen) atoms. The molecule has 106 valence electrons. The van der Waals surface area contributed by atoms with Crippen LogP contribution in [-0.2, 0) is 14.3 Å². The molecule has 4 nitrogen and oxygen atoms in total. The minimum atomic E-state index is -0.504. The topological polar surface area (TPSA) is 55.4 Å². The van der Waals surface area contributed by atoms with E-state index in [0.29, 0.717) is 18.9 Å². The van der Waals surface area contributed by atoms with Crippen LogP contribution in [0.2, 0.25) is 0 Å². The summed E-state index contributed by atoms with van der Waals surface area (Å²) in [5, 5.41) is 2.63. The monoisotopic (exact) mass is 273 g/mol. The van der Waals surface area contributed by atoms with E-state index in [9.17, 15) is 9.59 Å². The van der Waals surface area contributed by atoms with Gasteiger partial charge in [-0.15, -0.1) is 0 Å². The molecule has 1 N–H and O–H groups in total. The Labute approximate surface area is 118 Å². The van der Waals surface area contributed by atoms with E-state index in [0.717, 1.165) is 5.56 Å². The van der Waals surface area contributed by atoms with Gasteiger partial charge in [-0.05, 0) is 23.1 Å². The van der Waals surface area contributed by atoms with E-state index in [-0.39, 0.29) is 11.9 Å². The molecule has 1 fully saturated rings. The van der Waals surface area contributed by atoms with Crippen LogP contribution in [0.5, 0.6) is 0 Å². The molecule has 1 aliphatic rings. The second kappa shape index (κ2) is 6.37. The van der Waals surface area contributed by atoms with Crippen LogP contribution in [0.3, 0.4) is 0 Å². The molecule has 0 aromatic heterocycles. The standard InChI is InChI=1S/C16H19NO3/c1-11(2)13-6-3-12(4-7-13)5-8-15(18)17-14-9-10-20-16(14)19/h3-8,11,14H,9-10H2,1-2H3,(H,17,18)/b8-5+/t14-/m0/s1. The highest BCUT2D eigenvalue weighted by molar-refractivity contribution is 5.94. The summed E-state index contributed by atoms with van der Waals surface area (Å²) < 4.78 is 4.79. The van der Waals surface area contributed by atoms with Crippen molar-refractivity contribution in [2.75, 3.05) is 6.61 Å². The Morgan fingerprint density at radius 2 is 2.05 bits per heavy atom. The quantitative estimate of drug-likeness (QED) is 0.676. The largest absolute Gasteiger partial charge is 0.464 e. The summed E-state index contributed by atoms with van der Waals surface area (Å²) in [7, 11) is 0. The van der Waals surface area contributed by atoms with Crippen molar-refractivity contribution in [3.05, 3.63) is 41.5 Å². The fourth-order valence-electron chi connectivity index (χ4n) is 2.01. The molecule has 2 rings (SSSR count). The molecular weight excluding hydrogens is 254 g/mol. The average Bonchev–Trinajstić information content (AvgIpc) is 2.82. The molecule has 0 unspecified atom stereocenters. The number of cyclic esters (lactones) is 1. The van der Waals surface area contributed by atoms with Gasteiger partial charge in [-0.25, -0.2) is 4.79 Å². The van der Waals surface area contributed by atoms with Crippen molar-refractivity contribution in [1.82, 2.24) is 5.32 Å². The maximum Gasteiger partial charge on any atom is 0.328 e. The molecule has 1 aliphatic heterocycles. The van der Waals surface area contributed by atoms with Crippen LogP contribution in [0.15, 0.2) is 30.3 Å². The van der Waals surface area contributed by atoms with Crippen LogP contribution in [0, 0.1) is 0 Å². The number of hydrogen-bond acceptors (Lipinski definition) is 3. The number of carbonyl (C=O) groups excluding carboxylic acids is 2. The predicted molar refractivity (Wildman–Crippen MR) is 77.1 cm³/mol. The first-order valence-corrected chi connectivity index (χ1v) is 6.81. The van der Waals surface area contributed by atoms with Gasteiger partial charge in [0.05, 0.1) is 6.61 Å². The summed E-state index contributed by atoms with van der Waals surface area (Å²) in [5.41, 5.74) is 2.22. The lowest BCUT2D eigenvalue weighted by Gasteiger charge is -2.06. The lowest BCUT2D eigenvalue weighted by atomic mass is 10.0. The summed E-state index contributed by atoms with van der Waals surface area (Å²) in [6, 6.07) is 7.55. The van der Waals surface area contributed by atoms with E-state index in [1.807, 2.05) is 12.1 Å². The first-order chi connectivity index (χ1) is 9.56. The van der Waals surface area contributed by atoms with E-state index in [1.165, 1.54) is 11.6 Å². The molecular formula is C16H19NO3. The Morgan fingerprint density at radius 1 is 1.35 bits per heavy atom. The van der Waals surface area contributed by atoms with Crippen LogP contribution in [-0.4, -0.2) is 24.5 Å². The highest BCUT2D eigenvalue weighted by Gasteiger charge is 2.27. The predicted octanol–water partition coefficient (Wildman–Crippen LogP) is 2.25. The Bertz CT molecular complexity index is 517. The van der Waals surface area contributed by atoms with Crippen LogP contribution in [0.4, 0.5) is 0 Å². The van der Waals surface area contributed by atoms with Gasteiger partial charge in [-0.3, -0.25) is 4.79 Å². The number of hydrogen-bond donors (Lipinski definition) is 1. The molecule has 0 radical (unpaired) electrons. The fraction of sp³-hybridized carbons (Fsp3) is 0.375. The highest BCUT2D eigenvalue weighted by atomic mass is 16.5. The number of carbonyl (C=O) groups is 2. The molecule has 1 aromatic carbocycles. The van der Waals surface area contributed by atoms with Crippen molar-refractivity contribution in [3.63, 3.8) is 0 Å². The number of benzene rings is 1. The normalized spacial score (nSPS) is 18.6. The van der Waals surface area contributed by atoms with Gasteiger partial charge >= 0.3 is 5.97 Å². The molecule has 0 aliphatic carbocycles. The molecule has 0 spiro atoms. The molecule has 1 heterocycles. The van der Waals surface area contributed by atoms with Crippen molar-refractivity contribution in [1.29, 1.82) is 0 Å². The van der Waals surface area contributed by atoms with Crippen molar-refractivity contribution in [2.24, 2.45) is 0 Å². The number of rotatable bonds is 4. The Morgan fingerprint density at radius 3 is 2.60 bits per heavy atom. The van der Waals surface area contributed by atoms with Gasteiger partial charge < -0.3 is 10.1 Å². The zero-order valence-electron chi connectivity index (χ0n) is 11.8. The fourth-order valence-corrected chi connectivity index (χ4v) is 2.01. The summed E-state index contributed by atoms with van der Waals surface area (Å²) in [6.45, 7) is 4.65. The van der Waals surface area contributed by atoms with Gasteiger partial charge in [-0.1, -0.05) is 38.1 Å². The zero-order chi connectivity index (χ0) is 14.5. The third-order valence-corrected chi connectivity index (χ3v) is 3.28. The third kappa shape index (κ3) is 3.70. The Kier molecular flexibility index (Phi) is 4.56.